The molecule has 0 aliphatic carbocycles. The van der Waals surface area contributed by atoms with Gasteiger partial charge in [0, 0.05) is 69.2 Å². The van der Waals surface area contributed by atoms with Crippen molar-refractivity contribution < 1.29 is 95.2 Å². The van der Waals surface area contributed by atoms with Crippen LogP contribution in [0.5, 0.6) is 34.5 Å². The summed E-state index contributed by atoms with van der Waals surface area (Å²) in [5, 5.41) is 92.1. The summed E-state index contributed by atoms with van der Waals surface area (Å²) in [4.78, 5) is 25.7. The van der Waals surface area contributed by atoms with Crippen LogP contribution in [0, 0.1) is 27.7 Å². The van der Waals surface area contributed by atoms with E-state index in [0.29, 0.717) is 66.8 Å². The summed E-state index contributed by atoms with van der Waals surface area (Å²) < 4.78 is 70.8. The molecule has 2 amide bonds. The average Bonchev–Trinajstić information content (AvgIpc) is 1.71. The Bertz CT molecular complexity index is 4340. The molecular weight excluding hydrogens is 1310 g/mol. The number of rotatable bonds is 20. The first-order valence-corrected chi connectivity index (χ1v) is 30.7. The number of carbonyl (C=O) groups is 2. The zero-order chi connectivity index (χ0) is 63.6. The number of phenolic OH excluding ortho intramolecular Hbond substituents is 4. The monoisotopic (exact) mass is 1370 g/mol. The molecule has 2 aliphatic heterocycles. The summed E-state index contributed by atoms with van der Waals surface area (Å²) in [6.45, 7) is 9.65. The molecule has 91 heavy (non-hydrogen) atoms. The van der Waals surface area contributed by atoms with Gasteiger partial charge in [-0.15, -0.1) is 20.5 Å². The Hall–Kier alpha value is -9.34. The van der Waals surface area contributed by atoms with E-state index in [1.54, 1.807) is 100 Å². The van der Waals surface area contributed by atoms with E-state index in [1.807, 2.05) is 38.1 Å². The molecule has 0 fully saturated rings. The molecule has 2 unspecified atom stereocenters. The molecule has 0 saturated heterocycles. The molecule has 0 saturated carbocycles. The van der Waals surface area contributed by atoms with E-state index in [1.165, 1.54) is 24.2 Å². The Balaban J connectivity index is 0.00000534. The van der Waals surface area contributed by atoms with Crippen molar-refractivity contribution in [2.75, 3.05) is 49.0 Å². The first kappa shape index (κ1) is 67.6. The van der Waals surface area contributed by atoms with E-state index in [0.717, 1.165) is 35.4 Å². The maximum absolute atomic E-state index is 13.6. The number of azo groups is 4. The van der Waals surface area contributed by atoms with Gasteiger partial charge in [0.2, 0.25) is 0 Å². The molecule has 29 heteroatoms. The molecule has 2 radical (unpaired) electrons. The van der Waals surface area contributed by atoms with Gasteiger partial charge in [0.25, 0.3) is 11.8 Å². The van der Waals surface area contributed by atoms with Crippen molar-refractivity contribution in [3.63, 3.8) is 0 Å². The largest absolute Gasteiger partial charge is 0.506 e. The molecule has 25 nitrogen and oxygen atoms in total. The molecule has 8 aromatic rings. The minimum Gasteiger partial charge on any atom is -0.506 e. The Labute approximate surface area is 543 Å². The quantitative estimate of drug-likeness (QED) is 0.0314. The number of phenols is 4. The number of aromatic hydroxyl groups is 4. The van der Waals surface area contributed by atoms with Crippen molar-refractivity contribution in [2.45, 2.75) is 63.4 Å². The van der Waals surface area contributed by atoms with E-state index in [2.05, 4.69) is 51.1 Å². The van der Waals surface area contributed by atoms with Crippen molar-refractivity contribution in [1.29, 1.82) is 0 Å². The number of fused-ring (bicyclic) bond motifs is 2. The maximum Gasteiger partial charge on any atom is 0.280 e. The number of benzene rings is 8. The Morgan fingerprint density at radius 3 is 1.22 bits per heavy atom. The Morgan fingerprint density at radius 1 is 0.484 bits per heavy atom. The molecular formula is C62H58Cu2N12O13S2. The summed E-state index contributed by atoms with van der Waals surface area (Å²) in [5.74, 6) is -4.24. The number of amides is 2. The molecule has 2 heterocycles. The third-order valence-electron chi connectivity index (χ3n) is 14.6. The van der Waals surface area contributed by atoms with Crippen LogP contribution in [-0.2, 0) is 68.1 Å². The smallest absolute Gasteiger partial charge is 0.280 e. The predicted molar refractivity (Wildman–Crippen MR) is 333 cm³/mol. The van der Waals surface area contributed by atoms with Gasteiger partial charge in [0.05, 0.1) is 73.1 Å². The fourth-order valence-corrected chi connectivity index (χ4v) is 12.2. The molecule has 8 aromatic carbocycles. The number of hydrogen-bond acceptors (Lipinski definition) is 23. The first-order chi connectivity index (χ1) is 42.4. The van der Waals surface area contributed by atoms with Gasteiger partial charge >= 0.3 is 0 Å². The first-order valence-electron chi connectivity index (χ1n) is 27.4. The van der Waals surface area contributed by atoms with Gasteiger partial charge in [-0.2, -0.15) is 40.7 Å². The van der Waals surface area contributed by atoms with Gasteiger partial charge in [-0.25, -0.2) is 16.8 Å². The number of hydrazone groups is 2. The third kappa shape index (κ3) is 14.3. The number of nitrogens with zero attached hydrogens (tertiary/aromatic N) is 12. The van der Waals surface area contributed by atoms with Gasteiger partial charge in [0.15, 0.2) is 43.3 Å². The van der Waals surface area contributed by atoms with Crippen molar-refractivity contribution in [3.8, 4) is 34.5 Å². The summed E-state index contributed by atoms with van der Waals surface area (Å²) in [6.07, 6.45) is 0. The van der Waals surface area contributed by atoms with E-state index < -0.39 is 77.8 Å². The summed E-state index contributed by atoms with van der Waals surface area (Å²) in [7, 11) is -6.11. The van der Waals surface area contributed by atoms with Crippen LogP contribution in [0.4, 0.5) is 45.5 Å². The summed E-state index contributed by atoms with van der Waals surface area (Å²) in [5.41, 5.74) is 5.47. The van der Waals surface area contributed by atoms with E-state index in [-0.39, 0.29) is 91.7 Å². The normalized spacial score (nSPS) is 15.4. The van der Waals surface area contributed by atoms with Gasteiger partial charge < -0.3 is 34.6 Å². The van der Waals surface area contributed by atoms with Crippen molar-refractivity contribution in [3.05, 3.63) is 144 Å². The summed E-state index contributed by atoms with van der Waals surface area (Å²) >= 11 is 0. The number of hydrogen-bond donors (Lipinski definition) is 4. The van der Waals surface area contributed by atoms with E-state index in [4.69, 9.17) is 14.2 Å². The van der Waals surface area contributed by atoms with Crippen molar-refractivity contribution >= 4 is 110 Å². The van der Waals surface area contributed by atoms with Crippen LogP contribution >= 0.6 is 0 Å². The molecule has 10 rings (SSSR count). The topological polar surface area (TPSA) is 341 Å². The molecule has 0 bridgehead atoms. The van der Waals surface area contributed by atoms with E-state index in [9.17, 15) is 46.9 Å². The number of sulfone groups is 2. The second kappa shape index (κ2) is 27.8. The maximum atomic E-state index is 13.6. The minimum absolute atomic E-state index is 0. The third-order valence-corrected chi connectivity index (χ3v) is 17.9. The standard InChI is InChI=1S/C62H58N12O13S2.2Cu/c1-33-9-17-43(18-10-33)73-61(79)57(37(5)71-73)69-63-41-15-13-39-25-35(3)55(59(77)45(39)27-41)67-65-47-29-51(85-7)53(31-49(47)75)88(81,82)23-21-87-22-24-89(83,84)54-32-50(76)48(30-52(54)86-8)66-68-56-36(4)26-40-14-16-42(28-46(40)60(56)78)64-70-58-38(6)72-74(62(58)80)44-19-11-34(2)12-20-44;;/h9-20,25-32,57-58,75-78H,21-24H2,1-8H3;;. The molecule has 2 atom stereocenters. The Kier molecular flexibility index (Phi) is 20.7. The zero-order valence-electron chi connectivity index (χ0n) is 49.8. The van der Waals surface area contributed by atoms with Crippen LogP contribution in [0.25, 0.3) is 21.5 Å². The second-order valence-electron chi connectivity index (χ2n) is 20.9. The number of carbonyl (C=O) groups excluding carboxylic acids is 2. The molecule has 4 N–H and O–H groups in total. The van der Waals surface area contributed by atoms with Crippen LogP contribution in [0.1, 0.15) is 36.1 Å². The molecule has 0 aromatic heterocycles. The van der Waals surface area contributed by atoms with Crippen LogP contribution < -0.4 is 19.5 Å². The van der Waals surface area contributed by atoms with Crippen LogP contribution in [0.2, 0.25) is 0 Å². The number of anilines is 2. The molecule has 478 valence electrons. The van der Waals surface area contributed by atoms with Crippen LogP contribution in [-0.4, -0.2) is 112 Å². The number of methoxy groups -OCH3 is 2. The fourth-order valence-electron chi connectivity index (χ4n) is 9.64. The van der Waals surface area contributed by atoms with Crippen molar-refractivity contribution in [1.82, 2.24) is 0 Å². The SMILES string of the molecule is COc1cc(N=Nc2c(C)cc3ccc(N=NC4C(=O)N(c5ccc(C)cc5)N=C4C)cc3c2O)c(O)cc1S(=O)(=O)CCOCCS(=O)(=O)c1cc(O)c(N=Nc2c(C)cc3ccc(N=NC4C(=O)N(c5ccc(C)cc5)N=C4C)cc3c2O)cc1OC.[Cu].[Cu]. The van der Waals surface area contributed by atoms with Crippen LogP contribution in [0.15, 0.2) is 182 Å². The molecule has 2 aliphatic rings. The van der Waals surface area contributed by atoms with Gasteiger partial charge in [0.1, 0.15) is 55.5 Å². The number of aryl methyl sites for hydroxylation is 4. The van der Waals surface area contributed by atoms with E-state index >= 15 is 0 Å². The molecule has 0 spiro atoms. The minimum atomic E-state index is -4.26. The average molecular weight is 1370 g/mol. The predicted octanol–water partition coefficient (Wildman–Crippen LogP) is 12.9. The fraction of sp³-hybridized carbons (Fsp3) is 0.226. The second-order valence-corrected chi connectivity index (χ2v) is 25.1. The van der Waals surface area contributed by atoms with Gasteiger partial charge in [-0.05, 0) is 124 Å². The summed E-state index contributed by atoms with van der Waals surface area (Å²) in [6, 6.07) is 30.3. The zero-order valence-corrected chi connectivity index (χ0v) is 53.3. The number of ether oxygens (including phenoxy) is 3. The van der Waals surface area contributed by atoms with Crippen molar-refractivity contribution in [2.24, 2.45) is 51.1 Å². The van der Waals surface area contributed by atoms with Gasteiger partial charge in [-0.3, -0.25) is 9.59 Å². The van der Waals surface area contributed by atoms with Gasteiger partial charge in [-0.1, -0.05) is 47.5 Å². The van der Waals surface area contributed by atoms with Crippen LogP contribution in [0.3, 0.4) is 0 Å². The Morgan fingerprint density at radius 2 is 0.857 bits per heavy atom.